The molecular weight excluding hydrogens is 320 g/mol. The number of aromatic nitrogens is 1. The van der Waals surface area contributed by atoms with E-state index in [-0.39, 0.29) is 0 Å². The van der Waals surface area contributed by atoms with E-state index in [1.807, 2.05) is 12.3 Å². The van der Waals surface area contributed by atoms with Gasteiger partial charge in [0.05, 0.1) is 25.9 Å². The van der Waals surface area contributed by atoms with Crippen molar-refractivity contribution in [2.75, 3.05) is 19.8 Å². The second-order valence-electron chi connectivity index (χ2n) is 6.72. The van der Waals surface area contributed by atoms with E-state index in [4.69, 9.17) is 9.47 Å². The van der Waals surface area contributed by atoms with Gasteiger partial charge in [0, 0.05) is 37.4 Å². The summed E-state index contributed by atoms with van der Waals surface area (Å²) in [5.74, 6) is 0.511. The molecular formula is C19H24N2O2S. The molecule has 0 spiro atoms. The summed E-state index contributed by atoms with van der Waals surface area (Å²) in [4.78, 5) is 6.74. The fourth-order valence-corrected chi connectivity index (χ4v) is 4.60. The number of rotatable bonds is 6. The first-order valence-corrected chi connectivity index (χ1v) is 9.68. The molecule has 2 fully saturated rings. The highest BCUT2D eigenvalue weighted by molar-refractivity contribution is 7.07. The maximum atomic E-state index is 6.14. The number of nitrogens with zero attached hydrogens (tertiary/aromatic N) is 2. The van der Waals surface area contributed by atoms with E-state index in [2.05, 4.69) is 32.8 Å². The second kappa shape index (κ2) is 7.74. The summed E-state index contributed by atoms with van der Waals surface area (Å²) in [5, 5.41) is 4.42. The van der Waals surface area contributed by atoms with Crippen molar-refractivity contribution in [3.8, 4) is 0 Å². The molecule has 2 aromatic rings. The lowest BCUT2D eigenvalue weighted by Crippen LogP contribution is -2.50. The predicted octanol–water partition coefficient (Wildman–Crippen LogP) is 3.34. The van der Waals surface area contributed by atoms with E-state index in [0.717, 1.165) is 31.9 Å². The number of thiophene rings is 1. The zero-order valence-electron chi connectivity index (χ0n) is 13.8. The van der Waals surface area contributed by atoms with Gasteiger partial charge in [-0.2, -0.15) is 11.3 Å². The van der Waals surface area contributed by atoms with Crippen LogP contribution in [0, 0.1) is 5.92 Å². The van der Waals surface area contributed by atoms with Gasteiger partial charge in [0.1, 0.15) is 0 Å². The lowest BCUT2D eigenvalue weighted by Gasteiger charge is -2.39. The van der Waals surface area contributed by atoms with Gasteiger partial charge < -0.3 is 9.47 Å². The number of hydrogen-bond donors (Lipinski definition) is 0. The van der Waals surface area contributed by atoms with E-state index < -0.39 is 0 Å². The minimum absolute atomic E-state index is 0.325. The summed E-state index contributed by atoms with van der Waals surface area (Å²) < 4.78 is 12.1. The van der Waals surface area contributed by atoms with Crippen LogP contribution in [0.3, 0.4) is 0 Å². The molecule has 3 heterocycles. The lowest BCUT2D eigenvalue weighted by molar-refractivity contribution is -0.0891. The van der Waals surface area contributed by atoms with E-state index in [0.29, 0.717) is 24.7 Å². The van der Waals surface area contributed by atoms with Crippen LogP contribution >= 0.6 is 11.3 Å². The van der Waals surface area contributed by atoms with Crippen LogP contribution in [-0.4, -0.2) is 41.8 Å². The molecule has 0 unspecified atom stereocenters. The molecule has 1 aliphatic heterocycles. The van der Waals surface area contributed by atoms with Crippen LogP contribution < -0.4 is 0 Å². The Bertz CT molecular complexity index is 620. The van der Waals surface area contributed by atoms with E-state index >= 15 is 0 Å². The van der Waals surface area contributed by atoms with Crippen LogP contribution in [0.1, 0.15) is 24.0 Å². The molecule has 1 saturated heterocycles. The Kier molecular flexibility index (Phi) is 5.23. The zero-order chi connectivity index (χ0) is 16.2. The van der Waals surface area contributed by atoms with Gasteiger partial charge in [-0.15, -0.1) is 0 Å². The summed E-state index contributed by atoms with van der Waals surface area (Å²) >= 11 is 1.78. The molecule has 1 aliphatic carbocycles. The van der Waals surface area contributed by atoms with Crippen LogP contribution in [0.15, 0.2) is 41.4 Å². The van der Waals surface area contributed by atoms with E-state index in [1.165, 1.54) is 18.4 Å². The standard InChI is InChI=1S/C19H24N2O2S/c1-2-15(10-20-6-1)12-22-13-17-3-4-18-19(17)23-8-7-21(18)11-16-5-9-24-14-16/h1-2,5-6,9-10,14,17-19H,3-4,7-8,11-13H2/t17-,18+,19-/m0/s1. The molecule has 4 rings (SSSR count). The number of pyridine rings is 1. The van der Waals surface area contributed by atoms with Crippen molar-refractivity contribution >= 4 is 11.3 Å². The maximum Gasteiger partial charge on any atom is 0.0781 e. The Labute approximate surface area is 147 Å². The first-order valence-electron chi connectivity index (χ1n) is 8.73. The quantitative estimate of drug-likeness (QED) is 0.805. The van der Waals surface area contributed by atoms with E-state index in [9.17, 15) is 0 Å². The molecule has 128 valence electrons. The largest absolute Gasteiger partial charge is 0.376 e. The smallest absolute Gasteiger partial charge is 0.0781 e. The van der Waals surface area contributed by atoms with Crippen LogP contribution in [0.5, 0.6) is 0 Å². The van der Waals surface area contributed by atoms with Crippen molar-refractivity contribution in [1.82, 2.24) is 9.88 Å². The normalized spacial score (nSPS) is 27.2. The number of morpholine rings is 1. The summed E-state index contributed by atoms with van der Waals surface area (Å²) in [5.41, 5.74) is 2.56. The molecule has 0 N–H and O–H groups in total. The number of ether oxygens (including phenoxy) is 2. The summed E-state index contributed by atoms with van der Waals surface area (Å²) in [6.07, 6.45) is 6.41. The Hall–Kier alpha value is -1.27. The van der Waals surface area contributed by atoms with Gasteiger partial charge in [-0.05, 0) is 46.9 Å². The van der Waals surface area contributed by atoms with Crippen molar-refractivity contribution in [2.24, 2.45) is 5.92 Å². The Morgan fingerprint density at radius 3 is 3.12 bits per heavy atom. The molecule has 4 nitrogen and oxygen atoms in total. The fourth-order valence-electron chi connectivity index (χ4n) is 3.94. The molecule has 5 heteroatoms. The molecule has 24 heavy (non-hydrogen) atoms. The van der Waals surface area contributed by atoms with Gasteiger partial charge in [-0.3, -0.25) is 9.88 Å². The van der Waals surface area contributed by atoms with Crippen molar-refractivity contribution in [1.29, 1.82) is 0 Å². The highest BCUT2D eigenvalue weighted by atomic mass is 32.1. The van der Waals surface area contributed by atoms with Crippen molar-refractivity contribution in [3.63, 3.8) is 0 Å². The molecule has 0 bridgehead atoms. The highest BCUT2D eigenvalue weighted by Crippen LogP contribution is 2.35. The molecule has 3 atom stereocenters. The minimum atomic E-state index is 0.325. The topological polar surface area (TPSA) is 34.6 Å². The van der Waals surface area contributed by atoms with Gasteiger partial charge in [0.25, 0.3) is 0 Å². The molecule has 0 aromatic carbocycles. The third-order valence-electron chi connectivity index (χ3n) is 5.12. The van der Waals surface area contributed by atoms with Crippen molar-refractivity contribution in [2.45, 2.75) is 38.1 Å². The lowest BCUT2D eigenvalue weighted by atomic mass is 10.0. The van der Waals surface area contributed by atoms with Gasteiger partial charge in [0.15, 0.2) is 0 Å². The number of fused-ring (bicyclic) bond motifs is 1. The highest BCUT2D eigenvalue weighted by Gasteiger charge is 2.42. The monoisotopic (exact) mass is 344 g/mol. The maximum absolute atomic E-state index is 6.14. The Morgan fingerprint density at radius 2 is 2.29 bits per heavy atom. The predicted molar refractivity (Wildman–Crippen MR) is 94.9 cm³/mol. The van der Waals surface area contributed by atoms with Crippen LogP contribution in [0.25, 0.3) is 0 Å². The van der Waals surface area contributed by atoms with Crippen LogP contribution in [-0.2, 0) is 22.6 Å². The summed E-state index contributed by atoms with van der Waals surface area (Å²) in [7, 11) is 0. The first kappa shape index (κ1) is 16.2. The number of hydrogen-bond acceptors (Lipinski definition) is 5. The molecule has 2 aromatic heterocycles. The zero-order valence-corrected chi connectivity index (χ0v) is 14.7. The summed E-state index contributed by atoms with van der Waals surface area (Å²) in [6, 6.07) is 6.80. The molecule has 0 radical (unpaired) electrons. The second-order valence-corrected chi connectivity index (χ2v) is 7.50. The van der Waals surface area contributed by atoms with Crippen molar-refractivity contribution < 1.29 is 9.47 Å². The van der Waals surface area contributed by atoms with Crippen LogP contribution in [0.4, 0.5) is 0 Å². The van der Waals surface area contributed by atoms with Gasteiger partial charge >= 0.3 is 0 Å². The minimum Gasteiger partial charge on any atom is -0.376 e. The molecule has 2 aliphatic rings. The Morgan fingerprint density at radius 1 is 1.29 bits per heavy atom. The third kappa shape index (κ3) is 3.70. The SMILES string of the molecule is c1cncc(COC[C@@H]2CC[C@@H]3[C@H]2OCCN3Cc2ccsc2)c1. The molecule has 1 saturated carbocycles. The average molecular weight is 344 g/mol. The van der Waals surface area contributed by atoms with Crippen molar-refractivity contribution in [3.05, 3.63) is 52.5 Å². The van der Waals surface area contributed by atoms with Gasteiger partial charge in [0.2, 0.25) is 0 Å². The third-order valence-corrected chi connectivity index (χ3v) is 5.86. The van der Waals surface area contributed by atoms with Gasteiger partial charge in [-0.25, -0.2) is 0 Å². The molecule has 0 amide bonds. The first-order chi connectivity index (χ1) is 11.9. The fraction of sp³-hybridized carbons (Fsp3) is 0.526. The van der Waals surface area contributed by atoms with Crippen LogP contribution in [0.2, 0.25) is 0 Å². The van der Waals surface area contributed by atoms with E-state index in [1.54, 1.807) is 17.5 Å². The average Bonchev–Trinajstić information content (AvgIpc) is 3.27. The Balaban J connectivity index is 1.31. The van der Waals surface area contributed by atoms with Gasteiger partial charge in [-0.1, -0.05) is 6.07 Å². The summed E-state index contributed by atoms with van der Waals surface area (Å²) in [6.45, 7) is 4.35.